The van der Waals surface area contributed by atoms with E-state index in [1.165, 1.54) is 10.6 Å². The number of aliphatic hydroxyl groups is 1. The molecule has 5 heterocycles. The Kier molecular flexibility index (Phi) is 3.61. The molecule has 1 aliphatic heterocycles. The van der Waals surface area contributed by atoms with Crippen LogP contribution in [0.25, 0.3) is 5.52 Å². The summed E-state index contributed by atoms with van der Waals surface area (Å²) >= 11 is 0. The summed E-state index contributed by atoms with van der Waals surface area (Å²) < 4.78 is 15.7. The van der Waals surface area contributed by atoms with Crippen molar-refractivity contribution < 1.29 is 9.50 Å². The van der Waals surface area contributed by atoms with Gasteiger partial charge in [-0.2, -0.15) is 5.10 Å². The fourth-order valence-corrected chi connectivity index (χ4v) is 3.53. The SMILES string of the molecule is OCc1cnc(N2CCc3[nH]cnc3[C@H]2c2cc3c(F)cccn3n2)cn1. The minimum Gasteiger partial charge on any atom is -0.390 e. The Morgan fingerprint density at radius 3 is 2.96 bits per heavy atom. The summed E-state index contributed by atoms with van der Waals surface area (Å²) in [4.78, 5) is 18.4. The maximum Gasteiger partial charge on any atom is 0.148 e. The molecule has 136 valence electrons. The number of imidazole rings is 1. The number of hydrogen-bond acceptors (Lipinski definition) is 6. The van der Waals surface area contributed by atoms with Crippen LogP contribution in [0.1, 0.15) is 28.8 Å². The second-order valence-electron chi connectivity index (χ2n) is 6.39. The Morgan fingerprint density at radius 1 is 1.26 bits per heavy atom. The highest BCUT2D eigenvalue weighted by Gasteiger charge is 2.34. The summed E-state index contributed by atoms with van der Waals surface area (Å²) in [5.41, 5.74) is 3.48. The first kappa shape index (κ1) is 15.9. The molecule has 0 saturated carbocycles. The van der Waals surface area contributed by atoms with Gasteiger partial charge in [-0.3, -0.25) is 4.98 Å². The fourth-order valence-electron chi connectivity index (χ4n) is 3.53. The largest absolute Gasteiger partial charge is 0.390 e. The molecule has 1 atom stereocenters. The highest BCUT2D eigenvalue weighted by molar-refractivity contribution is 5.54. The molecule has 0 amide bonds. The van der Waals surface area contributed by atoms with E-state index in [1.807, 2.05) is 0 Å². The zero-order valence-corrected chi connectivity index (χ0v) is 14.2. The first-order chi connectivity index (χ1) is 13.2. The smallest absolute Gasteiger partial charge is 0.148 e. The van der Waals surface area contributed by atoms with Gasteiger partial charge in [0.25, 0.3) is 0 Å². The zero-order chi connectivity index (χ0) is 18.4. The van der Waals surface area contributed by atoms with Crippen molar-refractivity contribution in [2.75, 3.05) is 11.4 Å². The van der Waals surface area contributed by atoms with Gasteiger partial charge in [0.05, 0.1) is 42.4 Å². The number of fused-ring (bicyclic) bond motifs is 2. The summed E-state index contributed by atoms with van der Waals surface area (Å²) in [6, 6.07) is 4.47. The van der Waals surface area contributed by atoms with Crippen LogP contribution in [-0.4, -0.2) is 41.2 Å². The van der Waals surface area contributed by atoms with Crippen LogP contribution in [-0.2, 0) is 13.0 Å². The predicted molar refractivity (Wildman–Crippen MR) is 94.6 cm³/mol. The Balaban J connectivity index is 1.65. The summed E-state index contributed by atoms with van der Waals surface area (Å²) in [5.74, 6) is 0.330. The van der Waals surface area contributed by atoms with Crippen molar-refractivity contribution in [2.45, 2.75) is 19.1 Å². The maximum absolute atomic E-state index is 14.2. The van der Waals surface area contributed by atoms with Crippen molar-refractivity contribution in [1.82, 2.24) is 29.5 Å². The third-order valence-corrected chi connectivity index (χ3v) is 4.82. The van der Waals surface area contributed by atoms with E-state index in [2.05, 4.69) is 29.9 Å². The zero-order valence-electron chi connectivity index (χ0n) is 14.2. The topological polar surface area (TPSA) is 95.2 Å². The number of halogens is 1. The molecule has 4 aromatic heterocycles. The van der Waals surface area contributed by atoms with Crippen molar-refractivity contribution >= 4 is 11.3 Å². The first-order valence-corrected chi connectivity index (χ1v) is 8.59. The molecule has 0 unspecified atom stereocenters. The molecule has 0 bridgehead atoms. The minimum atomic E-state index is -0.326. The van der Waals surface area contributed by atoms with E-state index in [-0.39, 0.29) is 18.5 Å². The molecule has 8 nitrogen and oxygen atoms in total. The van der Waals surface area contributed by atoms with Crippen LogP contribution in [0.15, 0.2) is 43.1 Å². The molecule has 4 aromatic rings. The van der Waals surface area contributed by atoms with Crippen molar-refractivity contribution in [3.63, 3.8) is 0 Å². The van der Waals surface area contributed by atoms with Gasteiger partial charge in [0.1, 0.15) is 23.2 Å². The molecule has 0 fully saturated rings. The van der Waals surface area contributed by atoms with Crippen molar-refractivity contribution in [3.05, 3.63) is 71.7 Å². The lowest BCUT2D eigenvalue weighted by atomic mass is 10.00. The van der Waals surface area contributed by atoms with Crippen LogP contribution in [0.5, 0.6) is 0 Å². The maximum atomic E-state index is 14.2. The third kappa shape index (κ3) is 2.55. The number of nitrogens with one attached hydrogen (secondary N) is 1. The van der Waals surface area contributed by atoms with Gasteiger partial charge in [-0.15, -0.1) is 0 Å². The van der Waals surface area contributed by atoms with Crippen molar-refractivity contribution in [3.8, 4) is 0 Å². The summed E-state index contributed by atoms with van der Waals surface area (Å²) in [5, 5.41) is 13.8. The Hall–Kier alpha value is -3.33. The normalized spacial score (nSPS) is 16.7. The summed E-state index contributed by atoms with van der Waals surface area (Å²) in [7, 11) is 0. The molecule has 0 aliphatic carbocycles. The van der Waals surface area contributed by atoms with Gasteiger partial charge in [0.2, 0.25) is 0 Å². The van der Waals surface area contributed by atoms with Crippen LogP contribution in [0.2, 0.25) is 0 Å². The molecular weight excluding hydrogens is 349 g/mol. The number of anilines is 1. The van der Waals surface area contributed by atoms with Crippen LogP contribution in [0.4, 0.5) is 10.2 Å². The molecule has 0 spiro atoms. The molecular formula is C18H16FN7O. The second-order valence-corrected chi connectivity index (χ2v) is 6.39. The second kappa shape index (κ2) is 6.13. The van der Waals surface area contributed by atoms with E-state index in [9.17, 15) is 9.50 Å². The van der Waals surface area contributed by atoms with Gasteiger partial charge in [-0.1, -0.05) is 0 Å². The number of nitrogens with zero attached hydrogens (tertiary/aromatic N) is 6. The Morgan fingerprint density at radius 2 is 2.19 bits per heavy atom. The third-order valence-electron chi connectivity index (χ3n) is 4.82. The Labute approximate surface area is 153 Å². The van der Waals surface area contributed by atoms with E-state index in [1.54, 1.807) is 37.1 Å². The molecule has 0 saturated heterocycles. The average Bonchev–Trinajstić information content (AvgIpc) is 3.35. The summed E-state index contributed by atoms with van der Waals surface area (Å²) in [6.45, 7) is 0.523. The van der Waals surface area contributed by atoms with E-state index < -0.39 is 0 Å². The van der Waals surface area contributed by atoms with Gasteiger partial charge >= 0.3 is 0 Å². The number of aromatic nitrogens is 6. The van der Waals surface area contributed by atoms with E-state index >= 15 is 0 Å². The molecule has 27 heavy (non-hydrogen) atoms. The standard InChI is InChI=1S/C18H16FN7O/c19-12-2-1-4-26-15(12)6-14(24-26)18-17-13(22-10-23-17)3-5-25(18)16-8-20-11(9-27)7-21-16/h1-2,4,6-8,10,18,27H,3,5,9H2,(H,22,23)/t18-/m1/s1. The number of rotatable bonds is 3. The van der Waals surface area contributed by atoms with Crippen LogP contribution in [0, 0.1) is 5.82 Å². The van der Waals surface area contributed by atoms with Crippen LogP contribution >= 0.6 is 0 Å². The predicted octanol–water partition coefficient (Wildman–Crippen LogP) is 1.63. The molecule has 2 N–H and O–H groups in total. The fraction of sp³-hybridized carbons (Fsp3) is 0.222. The minimum absolute atomic E-state index is 0.161. The van der Waals surface area contributed by atoms with Gasteiger partial charge in [0.15, 0.2) is 0 Å². The van der Waals surface area contributed by atoms with Crippen molar-refractivity contribution in [2.24, 2.45) is 0 Å². The first-order valence-electron chi connectivity index (χ1n) is 8.59. The van der Waals surface area contributed by atoms with Gasteiger partial charge in [-0.05, 0) is 18.2 Å². The number of pyridine rings is 1. The van der Waals surface area contributed by atoms with Crippen LogP contribution in [0.3, 0.4) is 0 Å². The van der Waals surface area contributed by atoms with Gasteiger partial charge in [0, 0.05) is 24.9 Å². The lowest BCUT2D eigenvalue weighted by Crippen LogP contribution is -2.37. The lowest BCUT2D eigenvalue weighted by Gasteiger charge is -2.34. The number of aliphatic hydroxyl groups excluding tert-OH is 1. The van der Waals surface area contributed by atoms with E-state index in [4.69, 9.17) is 0 Å². The molecule has 1 aliphatic rings. The summed E-state index contributed by atoms with van der Waals surface area (Å²) in [6.07, 6.45) is 7.34. The molecule has 5 rings (SSSR count). The number of aromatic amines is 1. The van der Waals surface area contributed by atoms with E-state index in [0.717, 1.165) is 17.8 Å². The highest BCUT2D eigenvalue weighted by Crippen LogP contribution is 2.35. The number of hydrogen-bond donors (Lipinski definition) is 2. The lowest BCUT2D eigenvalue weighted by molar-refractivity contribution is 0.276. The van der Waals surface area contributed by atoms with Crippen molar-refractivity contribution in [1.29, 1.82) is 0 Å². The molecule has 0 radical (unpaired) electrons. The van der Waals surface area contributed by atoms with Gasteiger partial charge in [-0.25, -0.2) is 18.9 Å². The Bertz CT molecular complexity index is 1100. The molecule has 9 heteroatoms. The average molecular weight is 365 g/mol. The number of H-pyrrole nitrogens is 1. The van der Waals surface area contributed by atoms with Crippen LogP contribution < -0.4 is 4.90 Å². The quantitative estimate of drug-likeness (QED) is 0.573. The van der Waals surface area contributed by atoms with E-state index in [0.29, 0.717) is 29.3 Å². The molecule has 0 aromatic carbocycles. The highest BCUT2D eigenvalue weighted by atomic mass is 19.1. The van der Waals surface area contributed by atoms with Gasteiger partial charge < -0.3 is 15.0 Å². The monoisotopic (exact) mass is 365 g/mol.